The lowest BCUT2D eigenvalue weighted by molar-refractivity contribution is -0.132. The van der Waals surface area contributed by atoms with Crippen molar-refractivity contribution in [3.05, 3.63) is 98.5 Å². The van der Waals surface area contributed by atoms with Crippen molar-refractivity contribution in [2.75, 3.05) is 27.8 Å². The lowest BCUT2D eigenvalue weighted by atomic mass is 9.62. The van der Waals surface area contributed by atoms with Crippen LogP contribution in [0.3, 0.4) is 0 Å². The second kappa shape index (κ2) is 14.6. The molecule has 1 aliphatic heterocycles. The summed E-state index contributed by atoms with van der Waals surface area (Å²) in [5.74, 6) is -4.19. The number of nitrogens with one attached hydrogen (secondary N) is 1. The molecule has 254 valence electrons. The van der Waals surface area contributed by atoms with E-state index < -0.39 is 64.7 Å². The molecule has 3 aromatic carbocycles. The van der Waals surface area contributed by atoms with E-state index in [-0.39, 0.29) is 38.9 Å². The van der Waals surface area contributed by atoms with E-state index in [1.165, 1.54) is 74.6 Å². The van der Waals surface area contributed by atoms with Gasteiger partial charge in [-0.2, -0.15) is 5.26 Å². The lowest BCUT2D eigenvalue weighted by Gasteiger charge is -2.37. The summed E-state index contributed by atoms with van der Waals surface area (Å²) in [6.45, 7) is 5.40. The topological polar surface area (TPSA) is 109 Å². The zero-order chi connectivity index (χ0) is 35.6. The van der Waals surface area contributed by atoms with Crippen LogP contribution in [0, 0.1) is 28.4 Å². The molecule has 1 saturated heterocycles. The predicted molar refractivity (Wildman–Crippen MR) is 178 cm³/mol. The van der Waals surface area contributed by atoms with Crippen molar-refractivity contribution in [3.63, 3.8) is 0 Å². The molecule has 0 bridgehead atoms. The van der Waals surface area contributed by atoms with Gasteiger partial charge >= 0.3 is 5.97 Å². The number of amides is 1. The number of nitrogens with zero attached hydrogens (tertiary/aromatic N) is 2. The van der Waals surface area contributed by atoms with Crippen LogP contribution in [0.1, 0.15) is 60.2 Å². The smallest absolute Gasteiger partial charge is 0.338 e. The summed E-state index contributed by atoms with van der Waals surface area (Å²) in [5, 5.41) is 14.3. The van der Waals surface area contributed by atoms with E-state index in [0.717, 1.165) is 6.07 Å². The Morgan fingerprint density at radius 2 is 1.77 bits per heavy atom. The van der Waals surface area contributed by atoms with Gasteiger partial charge in [-0.25, -0.2) is 13.6 Å². The van der Waals surface area contributed by atoms with Gasteiger partial charge in [0.05, 0.1) is 29.8 Å². The van der Waals surface area contributed by atoms with Gasteiger partial charge in [0.1, 0.15) is 22.8 Å². The van der Waals surface area contributed by atoms with Crippen molar-refractivity contribution in [2.24, 2.45) is 5.41 Å². The Morgan fingerprint density at radius 1 is 1.06 bits per heavy atom. The number of esters is 1. The number of rotatable bonds is 10. The fraction of sp³-hybridized carbons (Fsp3) is 0.389. The maximum Gasteiger partial charge on any atom is 0.338 e. The number of Topliss-reactive ketones (excluding diaryl/α,β-unsaturated/α-hetero) is 1. The Balaban J connectivity index is 1.81. The molecule has 0 aliphatic carbocycles. The Kier molecular flexibility index (Phi) is 11.2. The molecule has 0 unspecified atom stereocenters. The number of hydrogen-bond acceptors (Lipinski definition) is 7. The third kappa shape index (κ3) is 7.49. The minimum atomic E-state index is -1.77. The van der Waals surface area contributed by atoms with E-state index in [9.17, 15) is 19.6 Å². The molecule has 1 amide bonds. The monoisotopic (exact) mass is 699 g/mol. The van der Waals surface area contributed by atoms with Crippen LogP contribution >= 0.6 is 23.2 Å². The van der Waals surface area contributed by atoms with Crippen LogP contribution in [-0.4, -0.2) is 62.5 Å². The first-order valence-electron chi connectivity index (χ1n) is 15.2. The first-order chi connectivity index (χ1) is 22.5. The van der Waals surface area contributed by atoms with Crippen LogP contribution in [0.5, 0.6) is 5.75 Å². The summed E-state index contributed by atoms with van der Waals surface area (Å²) in [4.78, 5) is 40.2. The standard InChI is InChI=1S/C36H37Cl2F2N3O5/c1-35(2,3)17-29-36(19-41,24-13-12-22(37)16-26(24)39)31(23-8-7-9-25(38)32(23)40)33(42-29)27(44)14-20-10-11-21(15-28(20)47-6)34(46)48-18-30(45)43(4)5/h7-13,15-16,29,31,33,42H,14,17-18H2,1-6H3/t29-,31-,33-,36-/m0/s1. The quantitative estimate of drug-likeness (QED) is 0.236. The molecule has 1 N–H and O–H groups in total. The molecular weight excluding hydrogens is 663 g/mol. The second-order valence-electron chi connectivity index (χ2n) is 13.2. The van der Waals surface area contributed by atoms with E-state index in [1.807, 2.05) is 20.8 Å². The van der Waals surface area contributed by atoms with Crippen LogP contribution in [0.15, 0.2) is 54.6 Å². The van der Waals surface area contributed by atoms with Gasteiger partial charge in [-0.15, -0.1) is 0 Å². The number of carbonyl (C=O) groups excluding carboxylic acids is 3. The summed E-state index contributed by atoms with van der Waals surface area (Å²) in [6.07, 6.45) is 0.0718. The third-order valence-corrected chi connectivity index (χ3v) is 9.04. The molecule has 12 heteroatoms. The number of methoxy groups -OCH3 is 1. The first kappa shape index (κ1) is 36.8. The van der Waals surface area contributed by atoms with Crippen LogP contribution < -0.4 is 10.1 Å². The minimum absolute atomic E-state index is 0.0158. The van der Waals surface area contributed by atoms with Crippen LogP contribution in [0.25, 0.3) is 0 Å². The van der Waals surface area contributed by atoms with Crippen molar-refractivity contribution < 1.29 is 32.6 Å². The third-order valence-electron chi connectivity index (χ3n) is 8.51. The SMILES string of the molecule is COc1cc(C(=O)OCC(=O)N(C)C)ccc1CC(=O)[C@@H]1N[C@@H](CC(C)(C)C)[C@](C#N)(c2ccc(Cl)cc2F)[C@H]1c1cccc(Cl)c1F. The van der Waals surface area contributed by atoms with Gasteiger partial charge in [0.25, 0.3) is 5.91 Å². The highest BCUT2D eigenvalue weighted by atomic mass is 35.5. The Labute approximate surface area is 288 Å². The number of nitriles is 1. The molecule has 1 aliphatic rings. The fourth-order valence-electron chi connectivity index (χ4n) is 6.26. The van der Waals surface area contributed by atoms with E-state index >= 15 is 8.78 Å². The molecule has 4 rings (SSSR count). The highest BCUT2D eigenvalue weighted by Crippen LogP contribution is 2.53. The first-order valence-corrected chi connectivity index (χ1v) is 15.9. The highest BCUT2D eigenvalue weighted by Gasteiger charge is 2.60. The van der Waals surface area contributed by atoms with Crippen molar-refractivity contribution in [2.45, 2.75) is 57.0 Å². The van der Waals surface area contributed by atoms with E-state index in [2.05, 4.69) is 11.4 Å². The summed E-state index contributed by atoms with van der Waals surface area (Å²) >= 11 is 12.3. The molecule has 1 heterocycles. The molecule has 48 heavy (non-hydrogen) atoms. The number of hydrogen-bond donors (Lipinski definition) is 1. The highest BCUT2D eigenvalue weighted by molar-refractivity contribution is 6.31. The number of ether oxygens (including phenoxy) is 2. The summed E-state index contributed by atoms with van der Waals surface area (Å²) in [5.41, 5.74) is -1.71. The Morgan fingerprint density at radius 3 is 2.38 bits per heavy atom. The maximum absolute atomic E-state index is 16.0. The Bertz CT molecular complexity index is 1770. The summed E-state index contributed by atoms with van der Waals surface area (Å²) in [6, 6.07) is 13.0. The Hall–Kier alpha value is -4.04. The van der Waals surface area contributed by atoms with Crippen LogP contribution in [0.4, 0.5) is 8.78 Å². The largest absolute Gasteiger partial charge is 0.496 e. The fourth-order valence-corrected chi connectivity index (χ4v) is 6.60. The van der Waals surface area contributed by atoms with Crippen LogP contribution in [0.2, 0.25) is 10.0 Å². The number of halogens is 4. The van der Waals surface area contributed by atoms with Gasteiger partial charge < -0.3 is 19.7 Å². The number of benzene rings is 3. The molecule has 4 atom stereocenters. The van der Waals surface area contributed by atoms with Crippen molar-refractivity contribution in [1.29, 1.82) is 5.26 Å². The molecule has 0 aromatic heterocycles. The van der Waals surface area contributed by atoms with Gasteiger partial charge in [-0.05, 0) is 47.7 Å². The lowest BCUT2D eigenvalue weighted by Crippen LogP contribution is -2.44. The van der Waals surface area contributed by atoms with Crippen molar-refractivity contribution in [1.82, 2.24) is 10.2 Å². The number of ketones is 1. The van der Waals surface area contributed by atoms with Gasteiger partial charge in [0.2, 0.25) is 0 Å². The predicted octanol–water partition coefficient (Wildman–Crippen LogP) is 6.66. The molecule has 1 fully saturated rings. The van der Waals surface area contributed by atoms with Gasteiger partial charge in [-0.3, -0.25) is 9.59 Å². The van der Waals surface area contributed by atoms with E-state index in [4.69, 9.17) is 32.7 Å². The molecular formula is C36H37Cl2F2N3O5. The second-order valence-corrected chi connectivity index (χ2v) is 14.1. The summed E-state index contributed by atoms with van der Waals surface area (Å²) < 4.78 is 42.4. The average molecular weight is 701 g/mol. The molecule has 8 nitrogen and oxygen atoms in total. The average Bonchev–Trinajstić information content (AvgIpc) is 3.33. The zero-order valence-corrected chi connectivity index (χ0v) is 29.0. The van der Waals surface area contributed by atoms with Crippen LogP contribution in [-0.2, 0) is 26.2 Å². The molecule has 0 saturated carbocycles. The summed E-state index contributed by atoms with van der Waals surface area (Å²) in [7, 11) is 4.44. The normalized spacial score (nSPS) is 20.6. The molecule has 0 radical (unpaired) electrons. The van der Waals surface area contributed by atoms with Gasteiger partial charge in [-0.1, -0.05) is 68.2 Å². The van der Waals surface area contributed by atoms with E-state index in [0.29, 0.717) is 12.0 Å². The van der Waals surface area contributed by atoms with Gasteiger partial charge in [0, 0.05) is 48.6 Å². The zero-order valence-electron chi connectivity index (χ0n) is 27.5. The molecule has 3 aromatic rings. The number of carbonyl (C=O) groups is 3. The van der Waals surface area contributed by atoms with Crippen molar-refractivity contribution >= 4 is 40.9 Å². The van der Waals surface area contributed by atoms with Crippen molar-refractivity contribution in [3.8, 4) is 11.8 Å². The van der Waals surface area contributed by atoms with Gasteiger partial charge in [0.15, 0.2) is 12.4 Å². The van der Waals surface area contributed by atoms with E-state index in [1.54, 1.807) is 0 Å². The maximum atomic E-state index is 16.0. The minimum Gasteiger partial charge on any atom is -0.496 e. The molecule has 0 spiro atoms. The number of likely N-dealkylation sites (N-methyl/N-ethyl adjacent to an activating group) is 1.